The van der Waals surface area contributed by atoms with Crippen LogP contribution < -0.4 is 0 Å². The summed E-state index contributed by atoms with van der Waals surface area (Å²) in [5.41, 5.74) is 2.01. The summed E-state index contributed by atoms with van der Waals surface area (Å²) in [6.45, 7) is 0. The standard InChI is InChI=1S/C26H14N2O4/c1-27-23(29)15-7-3-11-13-5-9-17-22-18(26(32)28(2)25(17)31)10-6-14(20(13)22)12-4-8-16(24(27)30)21(15)19(11)12/h3-10H,1-2H3. The number of rotatable bonds is 0. The van der Waals surface area contributed by atoms with E-state index in [0.29, 0.717) is 33.0 Å². The van der Waals surface area contributed by atoms with Crippen molar-refractivity contribution < 1.29 is 19.2 Å². The maximum atomic E-state index is 12.8. The molecule has 152 valence electrons. The molecule has 0 fully saturated rings. The first kappa shape index (κ1) is 17.4. The monoisotopic (exact) mass is 418 g/mol. The highest BCUT2D eigenvalue weighted by Gasteiger charge is 2.34. The molecule has 5 aromatic rings. The maximum Gasteiger partial charge on any atom is 0.261 e. The highest BCUT2D eigenvalue weighted by molar-refractivity contribution is 6.41. The summed E-state index contributed by atoms with van der Waals surface area (Å²) in [5, 5.41) is 6.60. The number of imide groups is 2. The van der Waals surface area contributed by atoms with Crippen molar-refractivity contribution in [1.29, 1.82) is 0 Å². The van der Waals surface area contributed by atoms with Crippen molar-refractivity contribution in [3.05, 3.63) is 70.8 Å². The van der Waals surface area contributed by atoms with E-state index in [4.69, 9.17) is 0 Å². The molecule has 6 nitrogen and oxygen atoms in total. The van der Waals surface area contributed by atoms with Gasteiger partial charge >= 0.3 is 0 Å². The van der Waals surface area contributed by atoms with E-state index in [1.807, 2.05) is 24.3 Å². The molecule has 0 aliphatic carbocycles. The Balaban J connectivity index is 1.77. The van der Waals surface area contributed by atoms with E-state index in [1.165, 1.54) is 14.1 Å². The van der Waals surface area contributed by atoms with Crippen LogP contribution in [0.3, 0.4) is 0 Å². The van der Waals surface area contributed by atoms with Crippen LogP contribution in [0.15, 0.2) is 48.5 Å². The molecule has 5 aromatic carbocycles. The minimum absolute atomic E-state index is 0.318. The quantitative estimate of drug-likeness (QED) is 0.215. The predicted molar refractivity (Wildman–Crippen MR) is 121 cm³/mol. The summed E-state index contributed by atoms with van der Waals surface area (Å²) in [5.74, 6) is -1.27. The lowest BCUT2D eigenvalue weighted by atomic mass is 9.82. The van der Waals surface area contributed by atoms with E-state index in [2.05, 4.69) is 0 Å². The van der Waals surface area contributed by atoms with Crippen molar-refractivity contribution in [2.75, 3.05) is 14.1 Å². The molecular formula is C26H14N2O4. The topological polar surface area (TPSA) is 74.8 Å². The minimum atomic E-state index is -0.318. The number of nitrogens with zero attached hydrogens (tertiary/aromatic N) is 2. The number of fused-ring (bicyclic) bond motifs is 2. The van der Waals surface area contributed by atoms with Gasteiger partial charge in [0.2, 0.25) is 0 Å². The Kier molecular flexibility index (Phi) is 2.87. The third kappa shape index (κ3) is 1.71. The van der Waals surface area contributed by atoms with E-state index >= 15 is 0 Å². The van der Waals surface area contributed by atoms with Crippen molar-refractivity contribution in [2.45, 2.75) is 0 Å². The first-order chi connectivity index (χ1) is 15.4. The van der Waals surface area contributed by atoms with Gasteiger partial charge in [-0.25, -0.2) is 0 Å². The molecule has 0 unspecified atom stereocenters. The summed E-state index contributed by atoms with van der Waals surface area (Å²) < 4.78 is 0. The van der Waals surface area contributed by atoms with Crippen LogP contribution in [-0.4, -0.2) is 47.5 Å². The van der Waals surface area contributed by atoms with Crippen LogP contribution in [0, 0.1) is 0 Å². The van der Waals surface area contributed by atoms with Crippen LogP contribution in [0.2, 0.25) is 0 Å². The molecule has 0 spiro atoms. The number of hydrogen-bond donors (Lipinski definition) is 0. The van der Waals surface area contributed by atoms with Crippen LogP contribution >= 0.6 is 0 Å². The second-order valence-electron chi connectivity index (χ2n) is 8.48. The van der Waals surface area contributed by atoms with Gasteiger partial charge in [-0.3, -0.25) is 29.0 Å². The highest BCUT2D eigenvalue weighted by atomic mass is 16.2. The van der Waals surface area contributed by atoms with Crippen molar-refractivity contribution in [1.82, 2.24) is 9.80 Å². The number of carbonyl (C=O) groups excluding carboxylic acids is 4. The Morgan fingerprint density at radius 3 is 0.906 bits per heavy atom. The Labute approximate surface area is 180 Å². The lowest BCUT2D eigenvalue weighted by Gasteiger charge is -2.27. The van der Waals surface area contributed by atoms with Gasteiger partial charge in [-0.2, -0.15) is 0 Å². The zero-order chi connectivity index (χ0) is 22.0. The fraction of sp³-hybridized carbons (Fsp3) is 0.0769. The van der Waals surface area contributed by atoms with Gasteiger partial charge in [0.25, 0.3) is 23.6 Å². The molecule has 0 radical (unpaired) electrons. The number of hydrogen-bond acceptors (Lipinski definition) is 4. The molecule has 2 heterocycles. The average Bonchev–Trinajstić information content (AvgIpc) is 2.82. The molecule has 0 N–H and O–H groups in total. The summed E-state index contributed by atoms with van der Waals surface area (Å²) in [6, 6.07) is 14.7. The normalized spacial score (nSPS) is 15.9. The fourth-order valence-electron chi connectivity index (χ4n) is 5.51. The van der Waals surface area contributed by atoms with Crippen LogP contribution in [0.25, 0.3) is 43.1 Å². The lowest BCUT2D eigenvalue weighted by molar-refractivity contribution is 0.0635. The Hall–Kier alpha value is -4.32. The van der Waals surface area contributed by atoms with Gasteiger partial charge in [0, 0.05) is 47.1 Å². The molecule has 0 aromatic heterocycles. The molecule has 0 atom stereocenters. The van der Waals surface area contributed by atoms with Gasteiger partial charge in [0.1, 0.15) is 0 Å². The predicted octanol–water partition coefficient (Wildman–Crippen LogP) is 4.19. The molecule has 4 amide bonds. The second-order valence-corrected chi connectivity index (χ2v) is 8.48. The van der Waals surface area contributed by atoms with E-state index in [9.17, 15) is 19.2 Å². The van der Waals surface area contributed by atoms with Gasteiger partial charge in [-0.05, 0) is 56.6 Å². The smallest absolute Gasteiger partial charge is 0.261 e. The summed E-state index contributed by atoms with van der Waals surface area (Å²) in [6.07, 6.45) is 0. The number of amides is 4. The second kappa shape index (κ2) is 5.29. The molecule has 7 rings (SSSR count). The van der Waals surface area contributed by atoms with Crippen molar-refractivity contribution in [3.63, 3.8) is 0 Å². The number of carbonyl (C=O) groups is 4. The minimum Gasteiger partial charge on any atom is -0.277 e. The molecular weight excluding hydrogens is 404 g/mol. The number of benzene rings is 5. The average molecular weight is 418 g/mol. The summed E-state index contributed by atoms with van der Waals surface area (Å²) in [7, 11) is 2.99. The molecule has 0 saturated carbocycles. The van der Waals surface area contributed by atoms with Crippen LogP contribution in [0.5, 0.6) is 0 Å². The summed E-state index contributed by atoms with van der Waals surface area (Å²) >= 11 is 0. The van der Waals surface area contributed by atoms with E-state index in [1.54, 1.807) is 24.3 Å². The molecule has 0 bridgehead atoms. The van der Waals surface area contributed by atoms with E-state index in [0.717, 1.165) is 42.1 Å². The van der Waals surface area contributed by atoms with Crippen LogP contribution in [0.1, 0.15) is 41.4 Å². The van der Waals surface area contributed by atoms with Crippen LogP contribution in [0.4, 0.5) is 0 Å². The van der Waals surface area contributed by atoms with Gasteiger partial charge in [0.05, 0.1) is 0 Å². The zero-order valence-corrected chi connectivity index (χ0v) is 17.1. The Bertz CT molecular complexity index is 1530. The first-order valence-electron chi connectivity index (χ1n) is 10.2. The Morgan fingerprint density at radius 2 is 0.656 bits per heavy atom. The molecule has 2 aliphatic heterocycles. The molecule has 32 heavy (non-hydrogen) atoms. The van der Waals surface area contributed by atoms with Gasteiger partial charge < -0.3 is 0 Å². The SMILES string of the molecule is CN1C(=O)c2ccc3c4ccc5c6c(ccc(c7ccc(c2c37)C1=O)c64)C(=O)N(C)C5=O. The first-order valence-corrected chi connectivity index (χ1v) is 10.2. The highest BCUT2D eigenvalue weighted by Crippen LogP contribution is 2.45. The van der Waals surface area contributed by atoms with E-state index < -0.39 is 0 Å². The van der Waals surface area contributed by atoms with E-state index in [-0.39, 0.29) is 23.6 Å². The third-order valence-electron chi connectivity index (χ3n) is 7.04. The van der Waals surface area contributed by atoms with Gasteiger partial charge in [0.15, 0.2) is 0 Å². The summed E-state index contributed by atoms with van der Waals surface area (Å²) in [4.78, 5) is 53.7. The van der Waals surface area contributed by atoms with Gasteiger partial charge in [-0.15, -0.1) is 0 Å². The van der Waals surface area contributed by atoms with Crippen molar-refractivity contribution in [3.8, 4) is 0 Å². The Morgan fingerprint density at radius 1 is 0.406 bits per heavy atom. The lowest BCUT2D eigenvalue weighted by Crippen LogP contribution is -2.37. The molecule has 0 saturated heterocycles. The van der Waals surface area contributed by atoms with Crippen LogP contribution in [-0.2, 0) is 0 Å². The maximum absolute atomic E-state index is 12.8. The molecule has 6 heteroatoms. The molecule has 2 aliphatic rings. The largest absolute Gasteiger partial charge is 0.277 e. The zero-order valence-electron chi connectivity index (χ0n) is 17.1. The van der Waals surface area contributed by atoms with Crippen molar-refractivity contribution in [2.24, 2.45) is 0 Å². The van der Waals surface area contributed by atoms with Gasteiger partial charge in [-0.1, -0.05) is 24.3 Å². The third-order valence-corrected chi connectivity index (χ3v) is 7.04. The fourth-order valence-corrected chi connectivity index (χ4v) is 5.51. The van der Waals surface area contributed by atoms with Crippen molar-refractivity contribution >= 4 is 66.7 Å².